The van der Waals surface area contributed by atoms with Crippen LogP contribution in [0.4, 0.5) is 4.11 Å². The van der Waals surface area contributed by atoms with Crippen molar-refractivity contribution in [2.75, 3.05) is 0 Å². The van der Waals surface area contributed by atoms with Crippen LogP contribution in [-0.4, -0.2) is 8.41 Å². The van der Waals surface area contributed by atoms with E-state index in [9.17, 15) is 4.11 Å². The van der Waals surface area contributed by atoms with Gasteiger partial charge in [0, 0.05) is 11.5 Å². The minimum absolute atomic E-state index is 0.346. The Morgan fingerprint density at radius 2 is 2.00 bits per heavy atom. The van der Waals surface area contributed by atoms with E-state index in [1.807, 2.05) is 13.8 Å². The molecule has 0 aliphatic heterocycles. The first kappa shape index (κ1) is 10.6. The number of rotatable bonds is 3. The van der Waals surface area contributed by atoms with Crippen LogP contribution < -0.4 is 0 Å². The SMILES string of the molecule is CCC(C)(CC#N)[Si](C)(C)F. The quantitative estimate of drug-likeness (QED) is 0.475. The van der Waals surface area contributed by atoms with Gasteiger partial charge in [0.15, 0.2) is 0 Å². The van der Waals surface area contributed by atoms with Crippen LogP contribution in [0, 0.1) is 11.3 Å². The second-order valence-corrected chi connectivity index (χ2v) is 7.87. The Kier molecular flexibility index (Phi) is 3.24. The molecule has 0 rings (SSSR count). The molecule has 0 amide bonds. The topological polar surface area (TPSA) is 23.8 Å². The highest BCUT2D eigenvalue weighted by molar-refractivity contribution is 6.73. The van der Waals surface area contributed by atoms with Crippen molar-refractivity contribution in [2.45, 2.75) is 44.8 Å². The molecule has 0 aromatic heterocycles. The van der Waals surface area contributed by atoms with Crippen molar-refractivity contribution in [3.8, 4) is 6.07 Å². The van der Waals surface area contributed by atoms with Gasteiger partial charge in [0.05, 0.1) is 6.07 Å². The Hall–Kier alpha value is -0.363. The van der Waals surface area contributed by atoms with E-state index >= 15 is 0 Å². The van der Waals surface area contributed by atoms with Gasteiger partial charge < -0.3 is 4.11 Å². The van der Waals surface area contributed by atoms with Gasteiger partial charge in [-0.05, 0) is 19.5 Å². The lowest BCUT2D eigenvalue weighted by atomic mass is 10.1. The van der Waals surface area contributed by atoms with Gasteiger partial charge in [0.25, 0.3) is 0 Å². The largest absolute Gasteiger partial charge is 0.314 e. The average molecular weight is 173 g/mol. The standard InChI is InChI=1S/C8H16FNSi/c1-5-8(2,6-7-10)11(3,4)9/h5-6H2,1-4H3. The van der Waals surface area contributed by atoms with Crippen molar-refractivity contribution in [2.24, 2.45) is 0 Å². The number of hydrogen-bond donors (Lipinski definition) is 0. The summed E-state index contributed by atoms with van der Waals surface area (Å²) in [6.07, 6.45) is 1.11. The fraction of sp³-hybridized carbons (Fsp3) is 0.875. The molecular weight excluding hydrogens is 157 g/mol. The van der Waals surface area contributed by atoms with E-state index in [4.69, 9.17) is 5.26 Å². The summed E-state index contributed by atoms with van der Waals surface area (Å²) in [6.45, 7) is 7.18. The van der Waals surface area contributed by atoms with Crippen molar-refractivity contribution in [1.82, 2.24) is 0 Å². The van der Waals surface area contributed by atoms with Crippen LogP contribution in [0.25, 0.3) is 0 Å². The van der Waals surface area contributed by atoms with Crippen molar-refractivity contribution in [3.63, 3.8) is 0 Å². The van der Waals surface area contributed by atoms with Gasteiger partial charge in [-0.25, -0.2) is 0 Å². The summed E-state index contributed by atoms with van der Waals surface area (Å²) in [6, 6.07) is 2.06. The molecule has 0 saturated heterocycles. The first-order chi connectivity index (χ1) is 4.87. The van der Waals surface area contributed by atoms with Crippen LogP contribution >= 0.6 is 0 Å². The third-order valence-corrected chi connectivity index (χ3v) is 6.09. The molecule has 0 N–H and O–H groups in total. The van der Waals surface area contributed by atoms with Crippen LogP contribution in [0.5, 0.6) is 0 Å². The zero-order chi connectivity index (χ0) is 9.12. The van der Waals surface area contributed by atoms with Gasteiger partial charge in [-0.15, -0.1) is 0 Å². The molecule has 0 aromatic carbocycles. The van der Waals surface area contributed by atoms with Crippen LogP contribution in [0.15, 0.2) is 0 Å². The van der Waals surface area contributed by atoms with Crippen molar-refractivity contribution >= 4 is 8.41 Å². The lowest BCUT2D eigenvalue weighted by molar-refractivity contribution is 0.524. The van der Waals surface area contributed by atoms with Gasteiger partial charge in [-0.3, -0.25) is 0 Å². The molecule has 1 atom stereocenters. The molecule has 1 nitrogen and oxygen atoms in total. The zero-order valence-electron chi connectivity index (χ0n) is 7.74. The predicted octanol–water partition coefficient (Wildman–Crippen LogP) is 3.24. The fourth-order valence-electron chi connectivity index (χ4n) is 0.930. The molecule has 0 spiro atoms. The molecule has 11 heavy (non-hydrogen) atoms. The molecule has 0 aromatic rings. The second-order valence-electron chi connectivity index (χ2n) is 3.72. The van der Waals surface area contributed by atoms with Crippen molar-refractivity contribution in [3.05, 3.63) is 0 Å². The minimum Gasteiger partial charge on any atom is -0.314 e. The van der Waals surface area contributed by atoms with Crippen LogP contribution in [0.2, 0.25) is 18.1 Å². The molecule has 0 saturated carbocycles. The van der Waals surface area contributed by atoms with E-state index in [1.165, 1.54) is 0 Å². The molecule has 1 unspecified atom stereocenters. The lowest BCUT2D eigenvalue weighted by Gasteiger charge is -2.33. The molecule has 0 fully saturated rings. The number of nitriles is 1. The highest BCUT2D eigenvalue weighted by Gasteiger charge is 2.42. The smallest absolute Gasteiger partial charge is 0.247 e. The number of hydrogen-bond acceptors (Lipinski definition) is 1. The lowest BCUT2D eigenvalue weighted by Crippen LogP contribution is -2.35. The summed E-state index contributed by atoms with van der Waals surface area (Å²) in [5, 5.41) is 8.14. The van der Waals surface area contributed by atoms with Crippen molar-refractivity contribution in [1.29, 1.82) is 5.26 Å². The van der Waals surface area contributed by atoms with E-state index < -0.39 is 8.41 Å². The maximum absolute atomic E-state index is 13.6. The Bertz CT molecular complexity index is 168. The van der Waals surface area contributed by atoms with E-state index in [1.54, 1.807) is 13.1 Å². The summed E-state index contributed by atoms with van der Waals surface area (Å²) in [7, 11) is -2.65. The molecule has 0 radical (unpaired) electrons. The fourth-order valence-corrected chi connectivity index (χ4v) is 2.27. The van der Waals surface area contributed by atoms with E-state index in [2.05, 4.69) is 6.07 Å². The van der Waals surface area contributed by atoms with E-state index in [0.717, 1.165) is 6.42 Å². The molecular formula is C8H16FNSi. The van der Waals surface area contributed by atoms with Gasteiger partial charge in [-0.2, -0.15) is 5.26 Å². The highest BCUT2D eigenvalue weighted by Crippen LogP contribution is 2.44. The first-order valence-corrected chi connectivity index (χ1v) is 6.81. The molecule has 0 heterocycles. The normalized spacial score (nSPS) is 17.1. The summed E-state index contributed by atoms with van der Waals surface area (Å²) in [5.74, 6) is 0. The van der Waals surface area contributed by atoms with Crippen LogP contribution in [-0.2, 0) is 0 Å². The average Bonchev–Trinajstić information content (AvgIpc) is 1.86. The molecule has 0 aliphatic carbocycles. The Labute approximate surface area is 69.4 Å². The third kappa shape index (κ3) is 2.30. The van der Waals surface area contributed by atoms with Gasteiger partial charge in [0.1, 0.15) is 0 Å². The molecule has 3 heteroatoms. The van der Waals surface area contributed by atoms with E-state index in [0.29, 0.717) is 6.42 Å². The Morgan fingerprint density at radius 3 is 2.09 bits per heavy atom. The second kappa shape index (κ2) is 3.36. The number of halogens is 1. The Balaban J connectivity index is 4.49. The maximum atomic E-state index is 13.6. The molecule has 0 bridgehead atoms. The third-order valence-electron chi connectivity index (χ3n) is 2.68. The van der Waals surface area contributed by atoms with E-state index in [-0.39, 0.29) is 5.04 Å². The highest BCUT2D eigenvalue weighted by atomic mass is 28.4. The molecule has 0 aliphatic rings. The number of nitrogens with zero attached hydrogens (tertiary/aromatic N) is 1. The summed E-state index contributed by atoms with van der Waals surface area (Å²) in [4.78, 5) is 0. The van der Waals surface area contributed by atoms with Crippen LogP contribution in [0.1, 0.15) is 26.7 Å². The predicted molar refractivity (Wildman–Crippen MR) is 47.5 cm³/mol. The maximum Gasteiger partial charge on any atom is 0.247 e. The monoisotopic (exact) mass is 173 g/mol. The van der Waals surface area contributed by atoms with Gasteiger partial charge >= 0.3 is 0 Å². The minimum atomic E-state index is -2.65. The first-order valence-electron chi connectivity index (χ1n) is 3.93. The van der Waals surface area contributed by atoms with Crippen molar-refractivity contribution < 1.29 is 4.11 Å². The molecule has 64 valence electrons. The zero-order valence-corrected chi connectivity index (χ0v) is 8.74. The summed E-state index contributed by atoms with van der Waals surface area (Å²) in [5.41, 5.74) is 0. The van der Waals surface area contributed by atoms with Crippen LogP contribution in [0.3, 0.4) is 0 Å². The van der Waals surface area contributed by atoms with Gasteiger partial charge in [0.2, 0.25) is 8.41 Å². The van der Waals surface area contributed by atoms with Gasteiger partial charge in [-0.1, -0.05) is 13.8 Å². The summed E-state index contributed by atoms with van der Waals surface area (Å²) >= 11 is 0. The Morgan fingerprint density at radius 1 is 1.55 bits per heavy atom. The summed E-state index contributed by atoms with van der Waals surface area (Å²) < 4.78 is 13.6.